The molecule has 4 heteroatoms. The summed E-state index contributed by atoms with van der Waals surface area (Å²) < 4.78 is 0. The summed E-state index contributed by atoms with van der Waals surface area (Å²) >= 11 is 0. The average Bonchev–Trinajstić information content (AvgIpc) is 2.47. The molecule has 110 valence electrons. The fourth-order valence-electron chi connectivity index (χ4n) is 2.49. The van der Waals surface area contributed by atoms with Crippen LogP contribution >= 0.6 is 0 Å². The number of rotatable bonds is 5. The predicted octanol–water partition coefficient (Wildman–Crippen LogP) is 1.64. The topological polar surface area (TPSA) is 58.4 Å². The van der Waals surface area contributed by atoms with E-state index in [1.165, 1.54) is 37.9 Å². The molecule has 1 aliphatic heterocycles. The van der Waals surface area contributed by atoms with Gasteiger partial charge < -0.3 is 11.1 Å². The monoisotopic (exact) mass is 275 g/mol. The molecule has 3 N–H and O–H groups in total. The number of benzene rings is 1. The summed E-state index contributed by atoms with van der Waals surface area (Å²) in [5.74, 6) is -0.109. The first-order valence-corrected chi connectivity index (χ1v) is 7.48. The van der Waals surface area contributed by atoms with Crippen molar-refractivity contribution in [2.45, 2.75) is 45.3 Å². The number of carbonyl (C=O) groups excluding carboxylic acids is 1. The molecular weight excluding hydrogens is 250 g/mol. The number of hydrogen-bond acceptors (Lipinski definition) is 3. The van der Waals surface area contributed by atoms with Crippen LogP contribution in [0.5, 0.6) is 0 Å². The van der Waals surface area contributed by atoms with E-state index in [1.54, 1.807) is 6.92 Å². The smallest absolute Gasteiger partial charge is 0.236 e. The molecule has 1 aromatic carbocycles. The van der Waals surface area contributed by atoms with Crippen molar-refractivity contribution in [1.82, 2.24) is 10.2 Å². The van der Waals surface area contributed by atoms with Crippen molar-refractivity contribution in [3.63, 3.8) is 0 Å². The van der Waals surface area contributed by atoms with Crippen LogP contribution in [0.1, 0.15) is 37.3 Å². The largest absolute Gasteiger partial charge is 0.351 e. The van der Waals surface area contributed by atoms with Crippen LogP contribution in [0.3, 0.4) is 0 Å². The molecule has 1 aromatic rings. The lowest BCUT2D eigenvalue weighted by Crippen LogP contribution is -2.37. The molecule has 20 heavy (non-hydrogen) atoms. The number of nitrogens with one attached hydrogen (secondary N) is 1. The zero-order chi connectivity index (χ0) is 14.4. The second-order valence-corrected chi connectivity index (χ2v) is 5.66. The average molecular weight is 275 g/mol. The third-order valence-electron chi connectivity index (χ3n) is 3.76. The first kappa shape index (κ1) is 15.0. The number of nitrogens with zero attached hydrogens (tertiary/aromatic N) is 1. The molecule has 1 saturated heterocycles. The normalized spacial score (nSPS) is 17.7. The van der Waals surface area contributed by atoms with Gasteiger partial charge in [-0.1, -0.05) is 30.7 Å². The Morgan fingerprint density at radius 2 is 1.80 bits per heavy atom. The molecular formula is C16H25N3O. The second kappa shape index (κ2) is 7.41. The number of likely N-dealkylation sites (tertiary alicyclic amines) is 1. The lowest BCUT2D eigenvalue weighted by molar-refractivity contribution is -0.122. The summed E-state index contributed by atoms with van der Waals surface area (Å²) in [6.45, 7) is 5.70. The molecule has 1 heterocycles. The van der Waals surface area contributed by atoms with Gasteiger partial charge in [-0.05, 0) is 44.0 Å². The second-order valence-electron chi connectivity index (χ2n) is 5.66. The van der Waals surface area contributed by atoms with Crippen molar-refractivity contribution < 1.29 is 4.79 Å². The minimum Gasteiger partial charge on any atom is -0.351 e. The Kier molecular flexibility index (Phi) is 5.56. The van der Waals surface area contributed by atoms with Crippen molar-refractivity contribution in [2.24, 2.45) is 5.73 Å². The first-order valence-electron chi connectivity index (χ1n) is 7.48. The van der Waals surface area contributed by atoms with Crippen LogP contribution in [0.25, 0.3) is 0 Å². The molecule has 4 nitrogen and oxygen atoms in total. The van der Waals surface area contributed by atoms with E-state index < -0.39 is 6.04 Å². The van der Waals surface area contributed by atoms with Gasteiger partial charge in [0.15, 0.2) is 0 Å². The van der Waals surface area contributed by atoms with E-state index in [-0.39, 0.29) is 5.91 Å². The minimum absolute atomic E-state index is 0.109. The molecule has 2 rings (SSSR count). The van der Waals surface area contributed by atoms with Crippen LogP contribution in [0, 0.1) is 0 Å². The van der Waals surface area contributed by atoms with Crippen molar-refractivity contribution in [3.8, 4) is 0 Å². The van der Waals surface area contributed by atoms with Gasteiger partial charge in [-0.25, -0.2) is 0 Å². The molecule has 0 saturated carbocycles. The molecule has 0 spiro atoms. The van der Waals surface area contributed by atoms with E-state index in [0.29, 0.717) is 6.54 Å². The number of amides is 1. The number of carbonyl (C=O) groups is 1. The Labute approximate surface area is 121 Å². The summed E-state index contributed by atoms with van der Waals surface area (Å²) in [4.78, 5) is 13.9. The summed E-state index contributed by atoms with van der Waals surface area (Å²) in [5, 5.41) is 2.82. The third kappa shape index (κ3) is 4.62. The van der Waals surface area contributed by atoms with E-state index in [4.69, 9.17) is 5.73 Å². The SMILES string of the molecule is CC(N)C(=O)NCc1ccc(CN2CCCCC2)cc1. The van der Waals surface area contributed by atoms with Gasteiger partial charge in [0.2, 0.25) is 5.91 Å². The van der Waals surface area contributed by atoms with Gasteiger partial charge in [0, 0.05) is 13.1 Å². The Morgan fingerprint density at radius 1 is 1.20 bits per heavy atom. The van der Waals surface area contributed by atoms with Crippen molar-refractivity contribution >= 4 is 5.91 Å². The Balaban J connectivity index is 1.81. The molecule has 0 aromatic heterocycles. The Bertz CT molecular complexity index is 422. The molecule has 1 unspecified atom stereocenters. The quantitative estimate of drug-likeness (QED) is 0.859. The lowest BCUT2D eigenvalue weighted by Gasteiger charge is -2.26. The molecule has 1 fully saturated rings. The number of hydrogen-bond donors (Lipinski definition) is 2. The summed E-state index contributed by atoms with van der Waals surface area (Å²) in [7, 11) is 0. The van der Waals surface area contributed by atoms with Gasteiger partial charge in [0.1, 0.15) is 0 Å². The van der Waals surface area contributed by atoms with Crippen molar-refractivity contribution in [1.29, 1.82) is 0 Å². The van der Waals surface area contributed by atoms with Crippen molar-refractivity contribution in [3.05, 3.63) is 35.4 Å². The maximum Gasteiger partial charge on any atom is 0.236 e. The van der Waals surface area contributed by atoms with Crippen LogP contribution in [-0.4, -0.2) is 29.9 Å². The van der Waals surface area contributed by atoms with E-state index in [0.717, 1.165) is 12.1 Å². The fraction of sp³-hybridized carbons (Fsp3) is 0.562. The summed E-state index contributed by atoms with van der Waals surface area (Å²) in [5.41, 5.74) is 7.96. The maximum absolute atomic E-state index is 11.4. The Hall–Kier alpha value is -1.39. The molecule has 0 radical (unpaired) electrons. The highest BCUT2D eigenvalue weighted by atomic mass is 16.2. The Morgan fingerprint density at radius 3 is 2.40 bits per heavy atom. The third-order valence-corrected chi connectivity index (χ3v) is 3.76. The molecule has 1 atom stereocenters. The summed E-state index contributed by atoms with van der Waals surface area (Å²) in [6.07, 6.45) is 4.01. The molecule has 1 aliphatic rings. The van der Waals surface area contributed by atoms with E-state index >= 15 is 0 Å². The minimum atomic E-state index is -0.451. The van der Waals surface area contributed by atoms with Crippen LogP contribution < -0.4 is 11.1 Å². The molecule has 0 bridgehead atoms. The predicted molar refractivity (Wildman–Crippen MR) is 81.1 cm³/mol. The molecule has 1 amide bonds. The van der Waals surface area contributed by atoms with Crippen LogP contribution in [0.15, 0.2) is 24.3 Å². The van der Waals surface area contributed by atoms with E-state index in [2.05, 4.69) is 34.5 Å². The zero-order valence-corrected chi connectivity index (χ0v) is 12.3. The maximum atomic E-state index is 11.4. The van der Waals surface area contributed by atoms with Crippen LogP contribution in [0.4, 0.5) is 0 Å². The molecule has 0 aliphatic carbocycles. The van der Waals surface area contributed by atoms with Gasteiger partial charge in [-0.15, -0.1) is 0 Å². The number of nitrogens with two attached hydrogens (primary N) is 1. The van der Waals surface area contributed by atoms with Gasteiger partial charge >= 0.3 is 0 Å². The number of piperidine rings is 1. The zero-order valence-electron chi connectivity index (χ0n) is 12.3. The lowest BCUT2D eigenvalue weighted by atomic mass is 10.1. The highest BCUT2D eigenvalue weighted by Gasteiger charge is 2.10. The van der Waals surface area contributed by atoms with Gasteiger partial charge in [-0.3, -0.25) is 9.69 Å². The van der Waals surface area contributed by atoms with E-state index in [9.17, 15) is 4.79 Å². The highest BCUT2D eigenvalue weighted by molar-refractivity contribution is 5.80. The van der Waals surface area contributed by atoms with E-state index in [1.807, 2.05) is 0 Å². The van der Waals surface area contributed by atoms with Crippen LogP contribution in [-0.2, 0) is 17.9 Å². The van der Waals surface area contributed by atoms with Gasteiger partial charge in [0.25, 0.3) is 0 Å². The fourth-order valence-corrected chi connectivity index (χ4v) is 2.49. The van der Waals surface area contributed by atoms with Crippen molar-refractivity contribution in [2.75, 3.05) is 13.1 Å². The summed E-state index contributed by atoms with van der Waals surface area (Å²) in [6, 6.07) is 8.03. The standard InChI is InChI=1S/C16H25N3O/c1-13(17)16(20)18-11-14-5-7-15(8-6-14)12-19-9-3-2-4-10-19/h5-8,13H,2-4,9-12,17H2,1H3,(H,18,20). The van der Waals surface area contributed by atoms with Crippen LogP contribution in [0.2, 0.25) is 0 Å². The highest BCUT2D eigenvalue weighted by Crippen LogP contribution is 2.13. The first-order chi connectivity index (χ1) is 9.65. The van der Waals surface area contributed by atoms with Gasteiger partial charge in [0.05, 0.1) is 6.04 Å². The van der Waals surface area contributed by atoms with Gasteiger partial charge in [-0.2, -0.15) is 0 Å².